The molecule has 314 valence electrons. The lowest BCUT2D eigenvalue weighted by Gasteiger charge is -2.61. The van der Waals surface area contributed by atoms with E-state index in [0.717, 1.165) is 29.4 Å². The Hall–Kier alpha value is -7.42. The molecule has 1 spiro atoms. The number of para-hydroxylation sites is 2. The van der Waals surface area contributed by atoms with Crippen LogP contribution in [0.4, 0.5) is 0 Å². The lowest BCUT2D eigenvalue weighted by Crippen LogP contribution is -2.55. The largest absolute Gasteiger partial charge is 0.309 e. The van der Waals surface area contributed by atoms with E-state index >= 15 is 0 Å². The Morgan fingerprint density at radius 1 is 0.303 bits per heavy atom. The molecule has 0 amide bonds. The Kier molecular flexibility index (Phi) is 7.71. The molecule has 4 saturated carbocycles. The van der Waals surface area contributed by atoms with Crippen LogP contribution in [0.1, 0.15) is 43.2 Å². The molecule has 0 N–H and O–H groups in total. The Balaban J connectivity index is 0.858. The summed E-state index contributed by atoms with van der Waals surface area (Å²) in [5, 5.41) is 5.08. The number of rotatable bonds is 5. The molecule has 0 unspecified atom stereocenters. The first kappa shape index (κ1) is 36.9. The molecule has 4 fully saturated rings. The third-order valence-electron chi connectivity index (χ3n) is 16.9. The summed E-state index contributed by atoms with van der Waals surface area (Å²) in [7, 11) is 0. The average Bonchev–Trinajstić information content (AvgIpc) is 3.99. The third-order valence-corrected chi connectivity index (χ3v) is 16.9. The molecular weight excluding hydrogens is 797 g/mol. The number of benzene rings is 9. The van der Waals surface area contributed by atoms with E-state index in [0.29, 0.717) is 0 Å². The van der Waals surface area contributed by atoms with Crippen LogP contribution in [0.25, 0.3) is 99.5 Å². The molecule has 5 aliphatic rings. The zero-order chi connectivity index (χ0) is 43.1. The van der Waals surface area contributed by atoms with Crippen LogP contribution < -0.4 is 0 Å². The smallest absolute Gasteiger partial charge is 0.0547 e. The SMILES string of the molecule is c1ccc(-c2ccc(-n3c4ccccc4c4ccc(-c5ccc6c7ccccc7n(-c7cccc(-c8ccc9c(c8)C8(c%10ccccc%10-9)C9CC%10CC(C9)CC8C%10)c7)c6c5)cc43)cc2)cc1. The monoisotopic (exact) mass is 844 g/mol. The van der Waals surface area contributed by atoms with Crippen molar-refractivity contribution in [1.29, 1.82) is 0 Å². The highest BCUT2D eigenvalue weighted by Gasteiger charge is 2.61. The van der Waals surface area contributed by atoms with Gasteiger partial charge in [0.25, 0.3) is 0 Å². The van der Waals surface area contributed by atoms with E-state index in [1.54, 1.807) is 11.1 Å². The fraction of sp³-hybridized carbons (Fsp3) is 0.156. The van der Waals surface area contributed by atoms with E-state index in [1.807, 2.05) is 0 Å². The van der Waals surface area contributed by atoms with Gasteiger partial charge in [-0.15, -0.1) is 0 Å². The molecule has 2 heteroatoms. The van der Waals surface area contributed by atoms with Gasteiger partial charge in [0.2, 0.25) is 0 Å². The highest BCUT2D eigenvalue weighted by Crippen LogP contribution is 2.69. The van der Waals surface area contributed by atoms with Crippen LogP contribution in [0.5, 0.6) is 0 Å². The minimum absolute atomic E-state index is 0.153. The van der Waals surface area contributed by atoms with Gasteiger partial charge in [0.05, 0.1) is 22.1 Å². The van der Waals surface area contributed by atoms with Crippen molar-refractivity contribution in [3.8, 4) is 55.9 Å². The van der Waals surface area contributed by atoms with Crippen molar-refractivity contribution >= 4 is 43.6 Å². The fourth-order valence-electron chi connectivity index (χ4n) is 14.4. The van der Waals surface area contributed by atoms with Crippen molar-refractivity contribution in [3.05, 3.63) is 217 Å². The number of fused-ring (bicyclic) bond motifs is 9. The summed E-state index contributed by atoms with van der Waals surface area (Å²) < 4.78 is 4.94. The van der Waals surface area contributed by atoms with Crippen LogP contribution >= 0.6 is 0 Å². The first-order valence-electron chi connectivity index (χ1n) is 24.3. The highest BCUT2D eigenvalue weighted by molar-refractivity contribution is 6.12. The Morgan fingerprint density at radius 3 is 1.47 bits per heavy atom. The van der Waals surface area contributed by atoms with Gasteiger partial charge < -0.3 is 9.13 Å². The van der Waals surface area contributed by atoms with E-state index in [1.165, 1.54) is 126 Å². The number of nitrogens with zero attached hydrogens (tertiary/aromatic N) is 2. The molecule has 66 heavy (non-hydrogen) atoms. The summed E-state index contributed by atoms with van der Waals surface area (Å²) in [5.74, 6) is 3.36. The fourth-order valence-corrected chi connectivity index (χ4v) is 14.4. The predicted octanol–water partition coefficient (Wildman–Crippen LogP) is 16.6. The summed E-state index contributed by atoms with van der Waals surface area (Å²) in [5.41, 5.74) is 21.1. The van der Waals surface area contributed by atoms with Crippen LogP contribution in [-0.4, -0.2) is 9.13 Å². The molecule has 9 aromatic carbocycles. The van der Waals surface area contributed by atoms with Gasteiger partial charge in [-0.1, -0.05) is 152 Å². The van der Waals surface area contributed by atoms with Gasteiger partial charge in [0.1, 0.15) is 0 Å². The second-order valence-electron chi connectivity index (χ2n) is 20.1. The zero-order valence-electron chi connectivity index (χ0n) is 36.9. The number of hydrogen-bond donors (Lipinski definition) is 0. The Bertz CT molecular complexity index is 3740. The van der Waals surface area contributed by atoms with Crippen LogP contribution in [-0.2, 0) is 5.41 Å². The lowest BCUT2D eigenvalue weighted by molar-refractivity contribution is -0.0399. The van der Waals surface area contributed by atoms with Crippen LogP contribution in [0, 0.1) is 23.7 Å². The number of aromatic nitrogens is 2. The van der Waals surface area contributed by atoms with E-state index in [2.05, 4.69) is 215 Å². The molecule has 2 heterocycles. The lowest BCUT2D eigenvalue weighted by atomic mass is 9.43. The van der Waals surface area contributed by atoms with Crippen molar-refractivity contribution in [3.63, 3.8) is 0 Å². The molecule has 2 aromatic heterocycles. The topological polar surface area (TPSA) is 9.86 Å². The van der Waals surface area contributed by atoms with Crippen molar-refractivity contribution in [2.45, 2.75) is 37.5 Å². The predicted molar refractivity (Wildman–Crippen MR) is 275 cm³/mol. The molecule has 0 radical (unpaired) electrons. The van der Waals surface area contributed by atoms with Crippen molar-refractivity contribution in [2.24, 2.45) is 23.7 Å². The van der Waals surface area contributed by atoms with E-state index in [9.17, 15) is 0 Å². The molecule has 4 bridgehead atoms. The Labute approximate surface area is 385 Å². The van der Waals surface area contributed by atoms with Gasteiger partial charge in [-0.2, -0.15) is 0 Å². The molecule has 0 saturated heterocycles. The second kappa shape index (κ2) is 13.8. The van der Waals surface area contributed by atoms with E-state index < -0.39 is 0 Å². The summed E-state index contributed by atoms with van der Waals surface area (Å²) in [6, 6.07) is 77.9. The van der Waals surface area contributed by atoms with Crippen LogP contribution in [0.15, 0.2) is 206 Å². The Morgan fingerprint density at radius 2 is 0.788 bits per heavy atom. The summed E-state index contributed by atoms with van der Waals surface area (Å²) in [6.07, 6.45) is 7.07. The van der Waals surface area contributed by atoms with Crippen molar-refractivity contribution < 1.29 is 0 Å². The molecule has 11 aromatic rings. The van der Waals surface area contributed by atoms with Gasteiger partial charge in [0, 0.05) is 38.3 Å². The second-order valence-corrected chi connectivity index (χ2v) is 20.1. The highest BCUT2D eigenvalue weighted by atomic mass is 15.0. The maximum absolute atomic E-state index is 2.63. The van der Waals surface area contributed by atoms with Gasteiger partial charge in [0.15, 0.2) is 0 Å². The normalized spacial score (nSPS) is 21.4. The molecule has 5 aliphatic carbocycles. The van der Waals surface area contributed by atoms with E-state index in [-0.39, 0.29) is 5.41 Å². The first-order valence-corrected chi connectivity index (χ1v) is 24.3. The standard InChI is InChI=1S/C64H48N2/c1-2-11-42(12-3-1)43-21-26-50(27-22-43)65-60-19-8-5-16-54(60)56-29-24-46(38-62(56)65)47-25-30-57-55-17-6-9-20-61(55)66(63(57)39-47)51-14-10-13-44(36-51)45-23-28-53-52-15-4-7-18-58(52)64(59(53)37-45)48-32-40-31-41(34-48)35-49(64)33-40/h1-30,36-41,48-49H,31-35H2. The molecule has 0 aliphatic heterocycles. The van der Waals surface area contributed by atoms with Crippen LogP contribution in [0.3, 0.4) is 0 Å². The summed E-state index contributed by atoms with van der Waals surface area (Å²) >= 11 is 0. The first-order chi connectivity index (χ1) is 32.7. The molecular formula is C64H48N2. The maximum atomic E-state index is 2.63. The zero-order valence-corrected chi connectivity index (χ0v) is 36.9. The van der Waals surface area contributed by atoms with Gasteiger partial charge >= 0.3 is 0 Å². The minimum atomic E-state index is 0.153. The van der Waals surface area contributed by atoms with Crippen LogP contribution in [0.2, 0.25) is 0 Å². The van der Waals surface area contributed by atoms with Crippen molar-refractivity contribution in [1.82, 2.24) is 9.13 Å². The van der Waals surface area contributed by atoms with Gasteiger partial charge in [-0.05, 0) is 166 Å². The third kappa shape index (κ3) is 5.13. The van der Waals surface area contributed by atoms with E-state index in [4.69, 9.17) is 0 Å². The molecule has 2 nitrogen and oxygen atoms in total. The summed E-state index contributed by atoms with van der Waals surface area (Å²) in [6.45, 7) is 0. The molecule has 0 atom stereocenters. The quantitative estimate of drug-likeness (QED) is 0.163. The van der Waals surface area contributed by atoms with Crippen molar-refractivity contribution in [2.75, 3.05) is 0 Å². The summed E-state index contributed by atoms with van der Waals surface area (Å²) in [4.78, 5) is 0. The van der Waals surface area contributed by atoms with Gasteiger partial charge in [-0.3, -0.25) is 0 Å². The van der Waals surface area contributed by atoms with Gasteiger partial charge in [-0.25, -0.2) is 0 Å². The molecule has 16 rings (SSSR count). The average molecular weight is 845 g/mol. The minimum Gasteiger partial charge on any atom is -0.309 e. The number of hydrogen-bond acceptors (Lipinski definition) is 0. The maximum Gasteiger partial charge on any atom is 0.0547 e.